The van der Waals surface area contributed by atoms with Crippen molar-refractivity contribution in [1.29, 1.82) is 0 Å². The van der Waals surface area contributed by atoms with Crippen molar-refractivity contribution in [2.75, 3.05) is 44.2 Å². The number of likely N-dealkylation sites (N-methyl/N-ethyl adjacent to an activating group) is 2. The highest BCUT2D eigenvalue weighted by atomic mass is 15.2. The average Bonchev–Trinajstić information content (AvgIpc) is 3.46. The number of anilines is 1. The number of nitrogens with one attached hydrogen (secondary N) is 2. The maximum Gasteiger partial charge on any atom is 0.135 e. The molecule has 0 aliphatic carbocycles. The molecule has 0 spiro atoms. The summed E-state index contributed by atoms with van der Waals surface area (Å²) in [6.07, 6.45) is 18.3. The zero-order valence-corrected chi connectivity index (χ0v) is 24.5. The maximum atomic E-state index is 5.20. The first-order valence-corrected chi connectivity index (χ1v) is 14.7. The van der Waals surface area contributed by atoms with E-state index in [0.29, 0.717) is 6.04 Å². The molecule has 1 aromatic rings. The van der Waals surface area contributed by atoms with Gasteiger partial charge in [0.25, 0.3) is 0 Å². The summed E-state index contributed by atoms with van der Waals surface area (Å²) in [5.41, 5.74) is 6.06. The van der Waals surface area contributed by atoms with Crippen LogP contribution in [0.2, 0.25) is 0 Å². The molecule has 0 radical (unpaired) electrons. The van der Waals surface area contributed by atoms with Crippen LogP contribution in [0.15, 0.2) is 59.9 Å². The van der Waals surface area contributed by atoms with Crippen molar-refractivity contribution in [2.24, 2.45) is 0 Å². The lowest BCUT2D eigenvalue weighted by Gasteiger charge is -2.35. The van der Waals surface area contributed by atoms with Gasteiger partial charge in [0.1, 0.15) is 11.6 Å². The molecule has 0 bridgehead atoms. The van der Waals surface area contributed by atoms with Crippen molar-refractivity contribution >= 4 is 5.82 Å². The van der Waals surface area contributed by atoms with Gasteiger partial charge in [-0.25, -0.2) is 9.97 Å². The number of hydrogen-bond donors (Lipinski definition) is 2. The van der Waals surface area contributed by atoms with Gasteiger partial charge in [-0.1, -0.05) is 43.9 Å². The van der Waals surface area contributed by atoms with E-state index in [-0.39, 0.29) is 0 Å². The molecule has 2 aliphatic rings. The topological polar surface area (TPSA) is 56.3 Å². The van der Waals surface area contributed by atoms with Crippen LogP contribution in [0, 0.1) is 0 Å². The van der Waals surface area contributed by atoms with E-state index in [9.17, 15) is 0 Å². The molecular formula is C32H50N6. The lowest BCUT2D eigenvalue weighted by molar-refractivity contribution is 0.323. The molecule has 0 aromatic carbocycles. The van der Waals surface area contributed by atoms with E-state index >= 15 is 0 Å². The Hall–Kier alpha value is -2.70. The second kappa shape index (κ2) is 15.6. The SMILES string of the molecule is C=C/C(=C(/C=C\C)C(\C=C/C)=C\C)N1CCc2c(nc(CC[C@@H]3CCCN3)nc2N(CC)CCNCC)C1. The Labute approximate surface area is 231 Å². The van der Waals surface area contributed by atoms with Crippen molar-refractivity contribution < 1.29 is 0 Å². The highest BCUT2D eigenvalue weighted by Gasteiger charge is 2.26. The molecule has 0 saturated carbocycles. The van der Waals surface area contributed by atoms with Gasteiger partial charge < -0.3 is 20.4 Å². The zero-order chi connectivity index (χ0) is 27.3. The van der Waals surface area contributed by atoms with E-state index in [1.165, 1.54) is 35.2 Å². The van der Waals surface area contributed by atoms with Gasteiger partial charge in [0, 0.05) is 55.5 Å². The summed E-state index contributed by atoms with van der Waals surface area (Å²) in [7, 11) is 0. The second-order valence-corrected chi connectivity index (χ2v) is 10.1. The Kier molecular flexibility index (Phi) is 12.3. The van der Waals surface area contributed by atoms with Gasteiger partial charge >= 0.3 is 0 Å². The summed E-state index contributed by atoms with van der Waals surface area (Å²) in [4.78, 5) is 15.3. The highest BCUT2D eigenvalue weighted by molar-refractivity contribution is 5.53. The van der Waals surface area contributed by atoms with Gasteiger partial charge in [-0.2, -0.15) is 0 Å². The third kappa shape index (κ3) is 7.67. The van der Waals surface area contributed by atoms with Crippen LogP contribution in [0.5, 0.6) is 0 Å². The van der Waals surface area contributed by atoms with Crippen LogP contribution < -0.4 is 15.5 Å². The maximum absolute atomic E-state index is 5.20. The molecule has 38 heavy (non-hydrogen) atoms. The lowest BCUT2D eigenvalue weighted by Crippen LogP contribution is -2.37. The van der Waals surface area contributed by atoms with E-state index in [2.05, 4.69) is 92.0 Å². The Morgan fingerprint density at radius 1 is 1.18 bits per heavy atom. The third-order valence-electron chi connectivity index (χ3n) is 7.57. The largest absolute Gasteiger partial charge is 0.365 e. The van der Waals surface area contributed by atoms with E-state index in [1.54, 1.807) is 0 Å². The van der Waals surface area contributed by atoms with Crippen LogP contribution in [0.3, 0.4) is 0 Å². The third-order valence-corrected chi connectivity index (χ3v) is 7.57. The molecule has 6 heteroatoms. The lowest BCUT2D eigenvalue weighted by atomic mass is 9.98. The summed E-state index contributed by atoms with van der Waals surface area (Å²) in [6, 6.07) is 0.593. The molecule has 3 heterocycles. The number of hydrogen-bond acceptors (Lipinski definition) is 6. The molecule has 3 rings (SSSR count). The normalized spacial score (nSPS) is 18.8. The minimum Gasteiger partial charge on any atom is -0.365 e. The molecule has 1 atom stereocenters. The number of nitrogens with zero attached hydrogens (tertiary/aromatic N) is 4. The summed E-state index contributed by atoms with van der Waals surface area (Å²) >= 11 is 0. The van der Waals surface area contributed by atoms with Gasteiger partial charge in [0.2, 0.25) is 0 Å². The quantitative estimate of drug-likeness (QED) is 0.251. The molecule has 2 N–H and O–H groups in total. The summed E-state index contributed by atoms with van der Waals surface area (Å²) in [6.45, 7) is 21.6. The van der Waals surface area contributed by atoms with Crippen molar-refractivity contribution in [1.82, 2.24) is 25.5 Å². The van der Waals surface area contributed by atoms with Crippen molar-refractivity contribution in [3.8, 4) is 0 Å². The Balaban J connectivity index is 1.99. The molecule has 1 fully saturated rings. The molecule has 1 aromatic heterocycles. The minimum atomic E-state index is 0.593. The molecule has 0 amide bonds. The predicted octanol–water partition coefficient (Wildman–Crippen LogP) is 5.49. The number of aryl methyl sites for hydroxylation is 1. The first-order chi connectivity index (χ1) is 18.6. The standard InChI is InChI=1S/C32H50N6/c1-7-14-25(9-3)27(15-8-2)30(10-4)38-22-19-28-29(24-38)35-31(18-17-26-16-13-20-34-26)36-32(28)37(12-6)23-21-33-11-5/h7-10,14-15,26,33-34H,4,11-13,16-24H2,1-3,5-6H3/b14-7-,15-8-,25-9+,30-27+/t26-/m0/s1. The summed E-state index contributed by atoms with van der Waals surface area (Å²) in [5.74, 6) is 2.13. The van der Waals surface area contributed by atoms with Gasteiger partial charge in [0.05, 0.1) is 12.2 Å². The Bertz CT molecular complexity index is 1030. The summed E-state index contributed by atoms with van der Waals surface area (Å²) in [5, 5.41) is 7.12. The van der Waals surface area contributed by atoms with E-state index < -0.39 is 0 Å². The smallest absolute Gasteiger partial charge is 0.135 e. The monoisotopic (exact) mass is 518 g/mol. The molecule has 0 unspecified atom stereocenters. The molecule has 2 aliphatic heterocycles. The minimum absolute atomic E-state index is 0.593. The van der Waals surface area contributed by atoms with E-state index in [1.807, 2.05) is 6.08 Å². The molecule has 208 valence electrons. The Morgan fingerprint density at radius 2 is 2.00 bits per heavy atom. The second-order valence-electron chi connectivity index (χ2n) is 10.1. The van der Waals surface area contributed by atoms with Crippen LogP contribution in [0.4, 0.5) is 5.82 Å². The van der Waals surface area contributed by atoms with Gasteiger partial charge in [0.15, 0.2) is 0 Å². The van der Waals surface area contributed by atoms with Gasteiger partial charge in [-0.05, 0) is 78.1 Å². The fourth-order valence-electron chi connectivity index (χ4n) is 5.58. The predicted molar refractivity (Wildman–Crippen MR) is 163 cm³/mol. The fourth-order valence-corrected chi connectivity index (χ4v) is 5.58. The number of rotatable bonds is 14. The van der Waals surface area contributed by atoms with Crippen LogP contribution >= 0.6 is 0 Å². The fraction of sp³-hybridized carbons (Fsp3) is 0.562. The van der Waals surface area contributed by atoms with E-state index in [4.69, 9.17) is 9.97 Å². The zero-order valence-electron chi connectivity index (χ0n) is 24.5. The van der Waals surface area contributed by atoms with Crippen LogP contribution in [0.25, 0.3) is 0 Å². The highest BCUT2D eigenvalue weighted by Crippen LogP contribution is 2.31. The molecule has 1 saturated heterocycles. The van der Waals surface area contributed by atoms with Crippen LogP contribution in [0.1, 0.15) is 71.0 Å². The van der Waals surface area contributed by atoms with Crippen molar-refractivity contribution in [3.05, 3.63) is 77.0 Å². The number of aromatic nitrogens is 2. The number of fused-ring (bicyclic) bond motifs is 1. The van der Waals surface area contributed by atoms with Crippen LogP contribution in [-0.4, -0.2) is 60.2 Å². The van der Waals surface area contributed by atoms with E-state index in [0.717, 1.165) is 82.4 Å². The first-order valence-electron chi connectivity index (χ1n) is 14.7. The molecular weight excluding hydrogens is 468 g/mol. The first kappa shape index (κ1) is 29.9. The Morgan fingerprint density at radius 3 is 2.63 bits per heavy atom. The average molecular weight is 519 g/mol. The summed E-state index contributed by atoms with van der Waals surface area (Å²) < 4.78 is 0. The van der Waals surface area contributed by atoms with Crippen molar-refractivity contribution in [2.45, 2.75) is 79.3 Å². The van der Waals surface area contributed by atoms with Gasteiger partial charge in [-0.3, -0.25) is 0 Å². The number of allylic oxidation sites excluding steroid dienone is 8. The van der Waals surface area contributed by atoms with Crippen molar-refractivity contribution in [3.63, 3.8) is 0 Å². The molecule has 6 nitrogen and oxygen atoms in total. The van der Waals surface area contributed by atoms with Crippen LogP contribution in [-0.2, 0) is 19.4 Å². The van der Waals surface area contributed by atoms with Gasteiger partial charge in [-0.15, -0.1) is 0 Å².